The molecule has 1 heterocycles. The van der Waals surface area contributed by atoms with Crippen LogP contribution in [0, 0.1) is 0 Å². The quantitative estimate of drug-likeness (QED) is 0.681. The second-order valence-corrected chi connectivity index (χ2v) is 4.61. The smallest absolute Gasteiger partial charge is 0.0600 e. The Kier molecular flexibility index (Phi) is 2.37. The van der Waals surface area contributed by atoms with Gasteiger partial charge in [-0.2, -0.15) is 0 Å². The Morgan fingerprint density at radius 1 is 1.27 bits per heavy atom. The molecule has 0 aromatic carbocycles. The van der Waals surface area contributed by atoms with Gasteiger partial charge in [0.15, 0.2) is 0 Å². The van der Waals surface area contributed by atoms with Crippen LogP contribution in [0.3, 0.4) is 0 Å². The van der Waals surface area contributed by atoms with Gasteiger partial charge in [0.1, 0.15) is 0 Å². The molecule has 1 fully saturated rings. The second-order valence-electron chi connectivity index (χ2n) is 4.61. The molecule has 2 heteroatoms. The Balaban J connectivity index is 2.41. The van der Waals surface area contributed by atoms with Crippen molar-refractivity contribution in [2.45, 2.75) is 25.3 Å². The van der Waals surface area contributed by atoms with E-state index >= 15 is 0 Å². The number of hydrogen-bond donors (Lipinski definition) is 0. The summed E-state index contributed by atoms with van der Waals surface area (Å²) in [5.74, 6) is 0. The summed E-state index contributed by atoms with van der Waals surface area (Å²) in [5, 5.41) is 0. The largest absolute Gasteiger partial charge is 0.371 e. The van der Waals surface area contributed by atoms with Crippen molar-refractivity contribution < 1.29 is 0 Å². The van der Waals surface area contributed by atoms with Crippen molar-refractivity contribution in [1.29, 1.82) is 0 Å². The van der Waals surface area contributed by atoms with Crippen molar-refractivity contribution in [3.63, 3.8) is 0 Å². The molecule has 2 aliphatic rings. The predicted octanol–water partition coefficient (Wildman–Crippen LogP) is 2.37. The van der Waals surface area contributed by atoms with Crippen LogP contribution in [0.1, 0.15) is 19.8 Å². The van der Waals surface area contributed by atoms with E-state index in [1.54, 1.807) is 0 Å². The zero-order valence-corrected chi connectivity index (χ0v) is 9.95. The summed E-state index contributed by atoms with van der Waals surface area (Å²) >= 11 is 0. The van der Waals surface area contributed by atoms with E-state index in [0.717, 1.165) is 6.54 Å². The van der Waals surface area contributed by atoms with Crippen molar-refractivity contribution in [3.05, 3.63) is 36.2 Å². The third kappa shape index (κ3) is 1.48. The van der Waals surface area contributed by atoms with E-state index in [4.69, 9.17) is 0 Å². The number of hydrogen-bond acceptors (Lipinski definition) is 2. The highest BCUT2D eigenvalue weighted by Gasteiger charge is 2.50. The molecule has 2 rings (SSSR count). The van der Waals surface area contributed by atoms with Crippen LogP contribution >= 0.6 is 0 Å². The highest BCUT2D eigenvalue weighted by Crippen LogP contribution is 2.47. The van der Waals surface area contributed by atoms with Gasteiger partial charge >= 0.3 is 0 Å². The Morgan fingerprint density at radius 2 is 1.93 bits per heavy atom. The summed E-state index contributed by atoms with van der Waals surface area (Å²) in [6.07, 6.45) is 8.87. The summed E-state index contributed by atoms with van der Waals surface area (Å²) in [7, 11) is 4.37. The second kappa shape index (κ2) is 3.44. The van der Waals surface area contributed by atoms with E-state index in [2.05, 4.69) is 49.5 Å². The standard InChI is InChI=1S/C13H20N2/c1-5-7-12-11(6-2)15(4)13(8-9-13)10-14(12)3/h5-7H,2,8-10H2,1,3-4H3/b7-5-. The van der Waals surface area contributed by atoms with E-state index in [1.165, 1.54) is 24.2 Å². The van der Waals surface area contributed by atoms with Gasteiger partial charge in [0, 0.05) is 20.6 Å². The first-order valence-electron chi connectivity index (χ1n) is 5.59. The highest BCUT2D eigenvalue weighted by atomic mass is 15.3. The SMILES string of the molecule is C=CC1=C(/C=C\C)N(C)CC2(CC2)N1C. The van der Waals surface area contributed by atoms with Gasteiger partial charge in [-0.15, -0.1) is 0 Å². The Labute approximate surface area is 92.6 Å². The molecule has 1 spiro atoms. The molecular weight excluding hydrogens is 184 g/mol. The molecule has 1 saturated carbocycles. The molecule has 0 saturated heterocycles. The van der Waals surface area contributed by atoms with Gasteiger partial charge < -0.3 is 9.80 Å². The van der Waals surface area contributed by atoms with Crippen LogP contribution in [0.15, 0.2) is 36.2 Å². The molecule has 0 amide bonds. The lowest BCUT2D eigenvalue weighted by atomic mass is 10.1. The van der Waals surface area contributed by atoms with Crippen molar-refractivity contribution in [3.8, 4) is 0 Å². The summed E-state index contributed by atoms with van der Waals surface area (Å²) in [4.78, 5) is 4.76. The molecule has 82 valence electrons. The van der Waals surface area contributed by atoms with E-state index in [0.29, 0.717) is 5.54 Å². The number of rotatable bonds is 2. The van der Waals surface area contributed by atoms with Crippen LogP contribution in [-0.2, 0) is 0 Å². The zero-order valence-electron chi connectivity index (χ0n) is 9.95. The van der Waals surface area contributed by atoms with Crippen LogP contribution in [0.5, 0.6) is 0 Å². The third-order valence-corrected chi connectivity index (χ3v) is 3.62. The van der Waals surface area contributed by atoms with Crippen molar-refractivity contribution in [2.75, 3.05) is 20.6 Å². The zero-order chi connectivity index (χ0) is 11.1. The average Bonchev–Trinajstić information content (AvgIpc) is 2.96. The summed E-state index contributed by atoms with van der Waals surface area (Å²) in [6, 6.07) is 0. The molecular formula is C13H20N2. The van der Waals surface area contributed by atoms with E-state index in [1.807, 2.05) is 6.08 Å². The molecule has 2 nitrogen and oxygen atoms in total. The Morgan fingerprint density at radius 3 is 2.40 bits per heavy atom. The third-order valence-electron chi connectivity index (χ3n) is 3.62. The highest BCUT2D eigenvalue weighted by molar-refractivity contribution is 5.36. The van der Waals surface area contributed by atoms with Crippen LogP contribution in [0.4, 0.5) is 0 Å². The lowest BCUT2D eigenvalue weighted by Crippen LogP contribution is -2.47. The average molecular weight is 204 g/mol. The lowest BCUT2D eigenvalue weighted by molar-refractivity contribution is 0.189. The van der Waals surface area contributed by atoms with Gasteiger partial charge in [-0.05, 0) is 31.9 Å². The molecule has 0 bridgehead atoms. The molecule has 1 aliphatic carbocycles. The minimum Gasteiger partial charge on any atom is -0.371 e. The summed E-state index contributed by atoms with van der Waals surface area (Å²) < 4.78 is 0. The minimum absolute atomic E-state index is 0.406. The maximum Gasteiger partial charge on any atom is 0.0600 e. The molecule has 0 N–H and O–H groups in total. The molecule has 15 heavy (non-hydrogen) atoms. The van der Waals surface area contributed by atoms with Crippen molar-refractivity contribution in [2.24, 2.45) is 0 Å². The van der Waals surface area contributed by atoms with Gasteiger partial charge in [-0.25, -0.2) is 0 Å². The van der Waals surface area contributed by atoms with Crippen molar-refractivity contribution >= 4 is 0 Å². The summed E-state index contributed by atoms with van der Waals surface area (Å²) in [5.41, 5.74) is 2.95. The maximum absolute atomic E-state index is 3.93. The Hall–Kier alpha value is -1.18. The molecule has 0 unspecified atom stereocenters. The first-order valence-corrected chi connectivity index (χ1v) is 5.59. The van der Waals surface area contributed by atoms with Crippen LogP contribution in [0.2, 0.25) is 0 Å². The maximum atomic E-state index is 3.93. The van der Waals surface area contributed by atoms with E-state index in [-0.39, 0.29) is 0 Å². The monoisotopic (exact) mass is 204 g/mol. The molecule has 0 radical (unpaired) electrons. The lowest BCUT2D eigenvalue weighted by Gasteiger charge is -2.42. The van der Waals surface area contributed by atoms with Gasteiger partial charge in [0.25, 0.3) is 0 Å². The number of likely N-dealkylation sites (N-methyl/N-ethyl adjacent to an activating group) is 2. The number of allylic oxidation sites excluding steroid dienone is 3. The summed E-state index contributed by atoms with van der Waals surface area (Å²) in [6.45, 7) is 7.13. The van der Waals surface area contributed by atoms with Gasteiger partial charge in [-0.3, -0.25) is 0 Å². The van der Waals surface area contributed by atoms with Crippen LogP contribution < -0.4 is 0 Å². The van der Waals surface area contributed by atoms with Crippen LogP contribution in [0.25, 0.3) is 0 Å². The Bertz CT molecular complexity index is 334. The van der Waals surface area contributed by atoms with Crippen LogP contribution in [-0.4, -0.2) is 36.0 Å². The molecule has 1 aliphatic heterocycles. The first-order chi connectivity index (χ1) is 7.14. The normalized spacial score (nSPS) is 24.2. The molecule has 0 atom stereocenters. The van der Waals surface area contributed by atoms with Gasteiger partial charge in [0.2, 0.25) is 0 Å². The van der Waals surface area contributed by atoms with E-state index in [9.17, 15) is 0 Å². The first kappa shape index (κ1) is 10.3. The molecule has 0 aromatic rings. The van der Waals surface area contributed by atoms with Crippen molar-refractivity contribution in [1.82, 2.24) is 9.80 Å². The predicted molar refractivity (Wildman–Crippen MR) is 64.4 cm³/mol. The topological polar surface area (TPSA) is 6.48 Å². The molecule has 0 aromatic heterocycles. The van der Waals surface area contributed by atoms with Gasteiger partial charge in [-0.1, -0.05) is 12.7 Å². The fourth-order valence-electron chi connectivity index (χ4n) is 2.51. The van der Waals surface area contributed by atoms with Gasteiger partial charge in [0.05, 0.1) is 16.9 Å². The fourth-order valence-corrected chi connectivity index (χ4v) is 2.51. The fraction of sp³-hybridized carbons (Fsp3) is 0.538. The number of nitrogens with zero attached hydrogens (tertiary/aromatic N) is 2. The minimum atomic E-state index is 0.406. The van der Waals surface area contributed by atoms with E-state index < -0.39 is 0 Å².